The first-order chi connectivity index (χ1) is 11.1. The van der Waals surface area contributed by atoms with Gasteiger partial charge in [0.1, 0.15) is 0 Å². The number of aliphatic imine (C=N–C) groups is 1. The quantitative estimate of drug-likeness (QED) is 0.360. The Bertz CT molecular complexity index is 496. The molecule has 0 aromatic heterocycles. The van der Waals surface area contributed by atoms with Crippen molar-refractivity contribution < 1.29 is 0 Å². The average molecular weight is 509 g/mol. The number of piperidine rings is 1. The molecular formula is C18H30BrIN4. The lowest BCUT2D eigenvalue weighted by molar-refractivity contribution is 0.187. The molecule has 0 spiro atoms. The van der Waals surface area contributed by atoms with Crippen molar-refractivity contribution in [3.8, 4) is 0 Å². The molecule has 0 bridgehead atoms. The highest BCUT2D eigenvalue weighted by atomic mass is 127. The van der Waals surface area contributed by atoms with Crippen molar-refractivity contribution in [3.05, 3.63) is 34.3 Å². The van der Waals surface area contributed by atoms with E-state index in [1.807, 2.05) is 7.05 Å². The fourth-order valence-electron chi connectivity index (χ4n) is 2.95. The molecule has 1 aliphatic rings. The summed E-state index contributed by atoms with van der Waals surface area (Å²) in [7, 11) is 1.84. The molecule has 1 aromatic rings. The predicted octanol–water partition coefficient (Wildman–Crippen LogP) is 3.85. The van der Waals surface area contributed by atoms with E-state index in [4.69, 9.17) is 0 Å². The molecule has 1 aromatic carbocycles. The SMILES string of the molecule is CN=C(NCc1ccc(Br)cc1)NC1CCN(CC(C)C)CC1.I. The highest BCUT2D eigenvalue weighted by Gasteiger charge is 2.20. The van der Waals surface area contributed by atoms with Gasteiger partial charge in [0.25, 0.3) is 0 Å². The van der Waals surface area contributed by atoms with Crippen molar-refractivity contribution in [2.45, 2.75) is 39.3 Å². The topological polar surface area (TPSA) is 39.7 Å². The van der Waals surface area contributed by atoms with Crippen LogP contribution in [0.1, 0.15) is 32.3 Å². The Labute approximate surface area is 172 Å². The van der Waals surface area contributed by atoms with Crippen molar-refractivity contribution in [3.63, 3.8) is 0 Å². The lowest BCUT2D eigenvalue weighted by atomic mass is 10.0. The number of benzene rings is 1. The molecule has 2 rings (SSSR count). The van der Waals surface area contributed by atoms with Crippen molar-refractivity contribution in [2.75, 3.05) is 26.7 Å². The summed E-state index contributed by atoms with van der Waals surface area (Å²) in [6.07, 6.45) is 2.37. The van der Waals surface area contributed by atoms with Gasteiger partial charge >= 0.3 is 0 Å². The summed E-state index contributed by atoms with van der Waals surface area (Å²) in [5, 5.41) is 6.97. The summed E-state index contributed by atoms with van der Waals surface area (Å²) in [6.45, 7) is 8.94. The van der Waals surface area contributed by atoms with Gasteiger partial charge in [-0.05, 0) is 36.5 Å². The second kappa shape index (κ2) is 11.3. The molecule has 24 heavy (non-hydrogen) atoms. The maximum Gasteiger partial charge on any atom is 0.191 e. The molecule has 0 radical (unpaired) electrons. The molecule has 1 aliphatic heterocycles. The van der Waals surface area contributed by atoms with Crippen LogP contribution in [-0.2, 0) is 6.54 Å². The van der Waals surface area contributed by atoms with Crippen LogP contribution in [0.5, 0.6) is 0 Å². The molecule has 1 fully saturated rings. The van der Waals surface area contributed by atoms with Gasteiger partial charge in [-0.25, -0.2) is 0 Å². The molecule has 0 saturated carbocycles. The Kier molecular flexibility index (Phi) is 10.2. The molecule has 6 heteroatoms. The van der Waals surface area contributed by atoms with Crippen LogP contribution in [0.25, 0.3) is 0 Å². The summed E-state index contributed by atoms with van der Waals surface area (Å²) >= 11 is 3.46. The monoisotopic (exact) mass is 508 g/mol. The second-order valence-corrected chi connectivity index (χ2v) is 7.58. The Morgan fingerprint density at radius 1 is 1.25 bits per heavy atom. The Balaban J connectivity index is 0.00000288. The predicted molar refractivity (Wildman–Crippen MR) is 117 cm³/mol. The van der Waals surface area contributed by atoms with E-state index in [0.29, 0.717) is 6.04 Å². The normalized spacial score (nSPS) is 16.8. The summed E-state index contributed by atoms with van der Waals surface area (Å²) < 4.78 is 1.11. The largest absolute Gasteiger partial charge is 0.354 e. The van der Waals surface area contributed by atoms with Gasteiger partial charge in [-0.2, -0.15) is 0 Å². The molecular weight excluding hydrogens is 479 g/mol. The van der Waals surface area contributed by atoms with Crippen LogP contribution in [0.2, 0.25) is 0 Å². The third-order valence-electron chi connectivity index (χ3n) is 4.15. The van der Waals surface area contributed by atoms with Gasteiger partial charge in [0.05, 0.1) is 0 Å². The van der Waals surface area contributed by atoms with Gasteiger partial charge in [-0.15, -0.1) is 24.0 Å². The van der Waals surface area contributed by atoms with E-state index in [9.17, 15) is 0 Å². The van der Waals surface area contributed by atoms with E-state index in [1.165, 1.54) is 38.0 Å². The summed E-state index contributed by atoms with van der Waals surface area (Å²) in [4.78, 5) is 6.92. The summed E-state index contributed by atoms with van der Waals surface area (Å²) in [5.74, 6) is 1.65. The van der Waals surface area contributed by atoms with Crippen molar-refractivity contribution in [1.82, 2.24) is 15.5 Å². The van der Waals surface area contributed by atoms with E-state index < -0.39 is 0 Å². The van der Waals surface area contributed by atoms with Crippen molar-refractivity contribution >= 4 is 45.9 Å². The summed E-state index contributed by atoms with van der Waals surface area (Å²) in [6, 6.07) is 8.90. The highest BCUT2D eigenvalue weighted by Crippen LogP contribution is 2.12. The fourth-order valence-corrected chi connectivity index (χ4v) is 3.22. The van der Waals surface area contributed by atoms with Crippen LogP contribution >= 0.6 is 39.9 Å². The number of halogens is 2. The van der Waals surface area contributed by atoms with Gasteiger partial charge in [0.15, 0.2) is 5.96 Å². The number of likely N-dealkylation sites (tertiary alicyclic amines) is 1. The Morgan fingerprint density at radius 3 is 2.42 bits per heavy atom. The zero-order chi connectivity index (χ0) is 16.7. The summed E-state index contributed by atoms with van der Waals surface area (Å²) in [5.41, 5.74) is 1.25. The first-order valence-corrected chi connectivity index (χ1v) is 9.30. The molecule has 0 atom stereocenters. The Hall–Kier alpha value is -0.340. The van der Waals surface area contributed by atoms with Crippen LogP contribution in [0.15, 0.2) is 33.7 Å². The molecule has 4 nitrogen and oxygen atoms in total. The molecule has 1 heterocycles. The average Bonchev–Trinajstić information content (AvgIpc) is 2.54. The van der Waals surface area contributed by atoms with Crippen molar-refractivity contribution in [1.29, 1.82) is 0 Å². The minimum absolute atomic E-state index is 0. The van der Waals surface area contributed by atoms with Crippen molar-refractivity contribution in [2.24, 2.45) is 10.9 Å². The van der Waals surface area contributed by atoms with Crippen LogP contribution in [0.3, 0.4) is 0 Å². The van der Waals surface area contributed by atoms with Crippen LogP contribution in [0.4, 0.5) is 0 Å². The highest BCUT2D eigenvalue weighted by molar-refractivity contribution is 14.0. The molecule has 2 N–H and O–H groups in total. The lowest BCUT2D eigenvalue weighted by Gasteiger charge is -2.34. The molecule has 1 saturated heterocycles. The molecule has 136 valence electrons. The maximum absolute atomic E-state index is 4.35. The van der Waals surface area contributed by atoms with Gasteiger partial charge in [0, 0.05) is 43.7 Å². The van der Waals surface area contributed by atoms with Gasteiger partial charge in [-0.3, -0.25) is 4.99 Å². The number of hydrogen-bond acceptors (Lipinski definition) is 2. The van der Waals surface area contributed by atoms with Crippen LogP contribution < -0.4 is 10.6 Å². The standard InChI is InChI=1S/C18H29BrN4.HI/c1-14(2)13-23-10-8-17(9-11-23)22-18(20-3)21-12-15-4-6-16(19)7-5-15;/h4-7,14,17H,8-13H2,1-3H3,(H2,20,21,22);1H. The first kappa shape index (κ1) is 21.7. The van der Waals surface area contributed by atoms with Gasteiger partial charge < -0.3 is 15.5 Å². The number of rotatable bonds is 5. The van der Waals surface area contributed by atoms with E-state index in [2.05, 4.69) is 74.6 Å². The first-order valence-electron chi connectivity index (χ1n) is 8.51. The smallest absolute Gasteiger partial charge is 0.191 e. The van der Waals surface area contributed by atoms with Crippen LogP contribution in [0, 0.1) is 5.92 Å². The van der Waals surface area contributed by atoms with E-state index in [0.717, 1.165) is 22.9 Å². The molecule has 0 aliphatic carbocycles. The number of guanidine groups is 1. The number of nitrogens with one attached hydrogen (secondary N) is 2. The van der Waals surface area contributed by atoms with Crippen LogP contribution in [-0.4, -0.2) is 43.6 Å². The number of nitrogens with zero attached hydrogens (tertiary/aromatic N) is 2. The third-order valence-corrected chi connectivity index (χ3v) is 4.68. The Morgan fingerprint density at radius 2 is 1.88 bits per heavy atom. The minimum Gasteiger partial charge on any atom is -0.354 e. The van der Waals surface area contributed by atoms with Gasteiger partial charge in [-0.1, -0.05) is 41.9 Å². The maximum atomic E-state index is 4.35. The zero-order valence-electron chi connectivity index (χ0n) is 14.9. The third kappa shape index (κ3) is 7.70. The number of hydrogen-bond donors (Lipinski definition) is 2. The van der Waals surface area contributed by atoms with Gasteiger partial charge in [0.2, 0.25) is 0 Å². The zero-order valence-corrected chi connectivity index (χ0v) is 18.8. The van der Waals surface area contributed by atoms with E-state index in [-0.39, 0.29) is 24.0 Å². The second-order valence-electron chi connectivity index (χ2n) is 6.67. The minimum atomic E-state index is 0. The fraction of sp³-hybridized carbons (Fsp3) is 0.611. The molecule has 0 unspecified atom stereocenters. The van der Waals surface area contributed by atoms with E-state index in [1.54, 1.807) is 0 Å². The molecule has 0 amide bonds. The lowest BCUT2D eigenvalue weighted by Crippen LogP contribution is -2.48. The van der Waals surface area contributed by atoms with E-state index >= 15 is 0 Å².